The van der Waals surface area contributed by atoms with Crippen molar-refractivity contribution in [3.05, 3.63) is 11.6 Å². The minimum Gasteiger partial charge on any atom is -0.299 e. The zero-order valence-corrected chi connectivity index (χ0v) is 6.89. The summed E-state index contributed by atoms with van der Waals surface area (Å²) in [6.07, 6.45) is 3.09. The van der Waals surface area contributed by atoms with Gasteiger partial charge in [-0.3, -0.25) is 9.59 Å². The summed E-state index contributed by atoms with van der Waals surface area (Å²) in [6.45, 7) is 3.46. The summed E-state index contributed by atoms with van der Waals surface area (Å²) in [5.41, 5.74) is 0.739. The summed E-state index contributed by atoms with van der Waals surface area (Å²) < 4.78 is 0. The number of hydrogen-bond donors (Lipinski definition) is 0. The summed E-state index contributed by atoms with van der Waals surface area (Å²) >= 11 is 0. The van der Waals surface area contributed by atoms with Gasteiger partial charge in [-0.1, -0.05) is 6.08 Å². The Labute approximate surface area is 66.3 Å². The molecule has 2 nitrogen and oxygen atoms in total. The van der Waals surface area contributed by atoms with Crippen molar-refractivity contribution in [2.45, 2.75) is 26.7 Å². The van der Waals surface area contributed by atoms with E-state index in [1.54, 1.807) is 13.8 Å². The maximum atomic E-state index is 11.3. The number of rotatable bonds is 0. The second-order valence-electron chi connectivity index (χ2n) is 2.98. The van der Waals surface area contributed by atoms with Gasteiger partial charge in [0.1, 0.15) is 5.78 Å². The SMILES string of the molecule is CC1=CCCC(=O)C(C)C1=O. The van der Waals surface area contributed by atoms with Crippen LogP contribution in [0.25, 0.3) is 0 Å². The fraction of sp³-hybridized carbons (Fsp3) is 0.556. The highest BCUT2D eigenvalue weighted by molar-refractivity contribution is 6.10. The molecule has 0 heterocycles. The Morgan fingerprint density at radius 3 is 2.73 bits per heavy atom. The Balaban J connectivity index is 2.87. The quantitative estimate of drug-likeness (QED) is 0.493. The van der Waals surface area contributed by atoms with Crippen LogP contribution in [0.5, 0.6) is 0 Å². The fourth-order valence-corrected chi connectivity index (χ4v) is 1.24. The van der Waals surface area contributed by atoms with E-state index in [0.29, 0.717) is 6.42 Å². The Hall–Kier alpha value is -0.920. The van der Waals surface area contributed by atoms with E-state index in [1.807, 2.05) is 6.08 Å². The van der Waals surface area contributed by atoms with E-state index < -0.39 is 5.92 Å². The minimum absolute atomic E-state index is 0.00694. The molecule has 0 saturated carbocycles. The molecular formula is C9H12O2. The molecule has 11 heavy (non-hydrogen) atoms. The first kappa shape index (κ1) is 8.18. The maximum absolute atomic E-state index is 11.3. The molecule has 2 heteroatoms. The molecule has 1 unspecified atom stereocenters. The molecule has 0 aromatic carbocycles. The normalized spacial score (nSPS) is 26.4. The van der Waals surface area contributed by atoms with Crippen LogP contribution in [0.3, 0.4) is 0 Å². The third kappa shape index (κ3) is 1.56. The fourth-order valence-electron chi connectivity index (χ4n) is 1.24. The summed E-state index contributed by atoms with van der Waals surface area (Å²) in [4.78, 5) is 22.4. The number of hydrogen-bond acceptors (Lipinski definition) is 2. The van der Waals surface area contributed by atoms with Crippen molar-refractivity contribution in [1.29, 1.82) is 0 Å². The van der Waals surface area contributed by atoms with Gasteiger partial charge in [0.15, 0.2) is 5.78 Å². The first-order chi connectivity index (χ1) is 5.13. The van der Waals surface area contributed by atoms with Gasteiger partial charge in [0.2, 0.25) is 0 Å². The van der Waals surface area contributed by atoms with Gasteiger partial charge in [-0.25, -0.2) is 0 Å². The van der Waals surface area contributed by atoms with Crippen LogP contribution in [-0.2, 0) is 9.59 Å². The maximum Gasteiger partial charge on any atom is 0.168 e. The lowest BCUT2D eigenvalue weighted by Gasteiger charge is -2.04. The number of carbonyl (C=O) groups is 2. The van der Waals surface area contributed by atoms with Gasteiger partial charge < -0.3 is 0 Å². The highest BCUT2D eigenvalue weighted by Crippen LogP contribution is 2.15. The first-order valence-corrected chi connectivity index (χ1v) is 3.86. The third-order valence-electron chi connectivity index (χ3n) is 2.11. The van der Waals surface area contributed by atoms with Crippen molar-refractivity contribution < 1.29 is 9.59 Å². The van der Waals surface area contributed by atoms with E-state index in [1.165, 1.54) is 0 Å². The van der Waals surface area contributed by atoms with Gasteiger partial charge in [0.25, 0.3) is 0 Å². The molecule has 0 N–H and O–H groups in total. The van der Waals surface area contributed by atoms with Gasteiger partial charge in [-0.15, -0.1) is 0 Å². The first-order valence-electron chi connectivity index (χ1n) is 3.86. The smallest absolute Gasteiger partial charge is 0.168 e. The van der Waals surface area contributed by atoms with E-state index in [4.69, 9.17) is 0 Å². The highest BCUT2D eigenvalue weighted by Gasteiger charge is 2.23. The lowest BCUT2D eigenvalue weighted by Crippen LogP contribution is -2.19. The minimum atomic E-state index is -0.409. The molecule has 0 amide bonds. The van der Waals surface area contributed by atoms with Gasteiger partial charge >= 0.3 is 0 Å². The molecule has 0 radical (unpaired) electrons. The van der Waals surface area contributed by atoms with Crippen molar-refractivity contribution in [2.75, 3.05) is 0 Å². The van der Waals surface area contributed by atoms with Crippen LogP contribution in [-0.4, -0.2) is 11.6 Å². The molecule has 0 aromatic heterocycles. The molecule has 0 spiro atoms. The standard InChI is InChI=1S/C9H12O2/c1-6-4-3-5-8(10)7(2)9(6)11/h4,7H,3,5H2,1-2H3. The molecule has 0 aliphatic heterocycles. The number of allylic oxidation sites excluding steroid dienone is 2. The molecule has 1 rings (SSSR count). The average Bonchev–Trinajstić information content (AvgIpc) is 2.07. The van der Waals surface area contributed by atoms with E-state index in [9.17, 15) is 9.59 Å². The molecule has 0 saturated heterocycles. The molecule has 1 atom stereocenters. The molecular weight excluding hydrogens is 140 g/mol. The highest BCUT2D eigenvalue weighted by atomic mass is 16.1. The van der Waals surface area contributed by atoms with Crippen molar-refractivity contribution in [3.8, 4) is 0 Å². The Morgan fingerprint density at radius 1 is 1.45 bits per heavy atom. The van der Waals surface area contributed by atoms with Crippen LogP contribution in [0.4, 0.5) is 0 Å². The van der Waals surface area contributed by atoms with Crippen molar-refractivity contribution in [3.63, 3.8) is 0 Å². The van der Waals surface area contributed by atoms with Crippen LogP contribution in [0.1, 0.15) is 26.7 Å². The van der Waals surface area contributed by atoms with Gasteiger partial charge in [-0.2, -0.15) is 0 Å². The number of ketones is 2. The molecule has 60 valence electrons. The van der Waals surface area contributed by atoms with Crippen LogP contribution in [0.2, 0.25) is 0 Å². The van der Waals surface area contributed by atoms with Crippen LogP contribution in [0, 0.1) is 5.92 Å². The Morgan fingerprint density at radius 2 is 2.09 bits per heavy atom. The van der Waals surface area contributed by atoms with E-state index >= 15 is 0 Å². The summed E-state index contributed by atoms with van der Waals surface area (Å²) in [5, 5.41) is 0. The number of carbonyl (C=O) groups excluding carboxylic acids is 2. The van der Waals surface area contributed by atoms with Crippen LogP contribution < -0.4 is 0 Å². The predicted molar refractivity (Wildman–Crippen MR) is 42.2 cm³/mol. The second kappa shape index (κ2) is 2.99. The third-order valence-corrected chi connectivity index (χ3v) is 2.11. The van der Waals surface area contributed by atoms with E-state index in [-0.39, 0.29) is 11.6 Å². The van der Waals surface area contributed by atoms with Crippen molar-refractivity contribution in [1.82, 2.24) is 0 Å². The molecule has 1 aliphatic carbocycles. The Kier molecular flexibility index (Phi) is 2.22. The molecule has 1 aliphatic rings. The lowest BCUT2D eigenvalue weighted by atomic mass is 9.98. The number of Topliss-reactive ketones (excluding diaryl/α,β-unsaturated/α-hetero) is 2. The van der Waals surface area contributed by atoms with Crippen molar-refractivity contribution >= 4 is 11.6 Å². The lowest BCUT2D eigenvalue weighted by molar-refractivity contribution is -0.129. The van der Waals surface area contributed by atoms with Crippen LogP contribution >= 0.6 is 0 Å². The van der Waals surface area contributed by atoms with E-state index in [2.05, 4.69) is 0 Å². The largest absolute Gasteiger partial charge is 0.299 e. The van der Waals surface area contributed by atoms with E-state index in [0.717, 1.165) is 12.0 Å². The topological polar surface area (TPSA) is 34.1 Å². The molecule has 0 bridgehead atoms. The zero-order chi connectivity index (χ0) is 8.43. The Bertz CT molecular complexity index is 226. The van der Waals surface area contributed by atoms with Gasteiger partial charge in [0, 0.05) is 6.42 Å². The molecule has 0 aromatic rings. The summed E-state index contributed by atoms with van der Waals surface area (Å²) in [5.74, 6) is -0.343. The second-order valence-corrected chi connectivity index (χ2v) is 2.98. The van der Waals surface area contributed by atoms with Crippen LogP contribution in [0.15, 0.2) is 11.6 Å². The summed E-state index contributed by atoms with van der Waals surface area (Å²) in [6, 6.07) is 0. The monoisotopic (exact) mass is 152 g/mol. The average molecular weight is 152 g/mol. The van der Waals surface area contributed by atoms with Gasteiger partial charge in [-0.05, 0) is 25.8 Å². The summed E-state index contributed by atoms with van der Waals surface area (Å²) in [7, 11) is 0. The van der Waals surface area contributed by atoms with Gasteiger partial charge in [0.05, 0.1) is 5.92 Å². The predicted octanol–water partition coefficient (Wildman–Crippen LogP) is 1.50. The zero-order valence-electron chi connectivity index (χ0n) is 6.89. The van der Waals surface area contributed by atoms with Crippen molar-refractivity contribution in [2.24, 2.45) is 5.92 Å². The molecule has 0 fully saturated rings.